The number of benzene rings is 1. The van der Waals surface area contributed by atoms with Gasteiger partial charge in [0.1, 0.15) is 24.9 Å². The molecule has 11 nitrogen and oxygen atoms in total. The zero-order valence-corrected chi connectivity index (χ0v) is 20.2. The minimum Gasteiger partial charge on any atom is -0.456 e. The second kappa shape index (κ2) is 10.3. The van der Waals surface area contributed by atoms with E-state index in [1.807, 2.05) is 24.3 Å². The third-order valence-corrected chi connectivity index (χ3v) is 6.52. The number of hydrogen-bond acceptors (Lipinski definition) is 10. The van der Waals surface area contributed by atoms with Crippen molar-refractivity contribution in [3.63, 3.8) is 0 Å². The summed E-state index contributed by atoms with van der Waals surface area (Å²) in [5.74, 6) is 0. The van der Waals surface area contributed by atoms with E-state index < -0.39 is 18.8 Å². The topological polar surface area (TPSA) is 159 Å². The van der Waals surface area contributed by atoms with Crippen molar-refractivity contribution < 1.29 is 38.3 Å². The van der Waals surface area contributed by atoms with E-state index >= 15 is 0 Å². The summed E-state index contributed by atoms with van der Waals surface area (Å²) in [5, 5.41) is 27.4. The standard InChI is InChI=1S/C21H21ClN4O5.C2H5F2NO/c22-13-5-14-20(24-17(13)10-1-3-11(4-2-10)26-6-12(27)7-26)25-21(23-14)31-16-9-30-18-15(28)8-29-19(16)18;3-2(4,5)1-6/h1-5,12,15-16,18-19,27-28H,6-9H2,(H,23,24,25);6H,1,5H2/t15-,16-,18-,19-;/m1./s1. The van der Waals surface area contributed by atoms with Gasteiger partial charge in [-0.1, -0.05) is 23.7 Å². The second-order valence-electron chi connectivity index (χ2n) is 9.08. The molecule has 0 bridgehead atoms. The van der Waals surface area contributed by atoms with Crippen LogP contribution < -0.4 is 15.4 Å². The number of alkyl halides is 2. The number of β-amino-alcohol motifs (C(OH)–C–C–N with tert-alkyl or cyclic N) is 1. The average molecular weight is 542 g/mol. The van der Waals surface area contributed by atoms with E-state index in [0.717, 1.165) is 11.3 Å². The Morgan fingerprint density at radius 1 is 1.14 bits per heavy atom. The van der Waals surface area contributed by atoms with E-state index in [2.05, 4.69) is 25.6 Å². The highest BCUT2D eigenvalue weighted by Crippen LogP contribution is 2.33. The molecular weight excluding hydrogens is 516 g/mol. The molecule has 2 aromatic heterocycles. The monoisotopic (exact) mass is 541 g/mol. The first-order valence-electron chi connectivity index (χ1n) is 11.6. The van der Waals surface area contributed by atoms with Crippen molar-refractivity contribution in [2.45, 2.75) is 36.6 Å². The van der Waals surface area contributed by atoms with Gasteiger partial charge in [0.15, 0.2) is 11.8 Å². The predicted molar refractivity (Wildman–Crippen MR) is 129 cm³/mol. The van der Waals surface area contributed by atoms with Crippen LogP contribution in [0.4, 0.5) is 14.5 Å². The Labute approximate surface area is 214 Å². The van der Waals surface area contributed by atoms with Crippen LogP contribution in [0, 0.1) is 0 Å². The molecule has 200 valence electrons. The van der Waals surface area contributed by atoms with Crippen LogP contribution in [-0.4, -0.2) is 99.7 Å². The van der Waals surface area contributed by atoms with E-state index in [0.29, 0.717) is 47.6 Å². The number of hydrogen-bond donors (Lipinski definition) is 5. The maximum absolute atomic E-state index is 11.0. The third kappa shape index (κ3) is 5.62. The molecule has 6 N–H and O–H groups in total. The van der Waals surface area contributed by atoms with Gasteiger partial charge in [0.05, 0.1) is 35.6 Å². The Hall–Kier alpha value is -2.65. The molecule has 3 aliphatic heterocycles. The number of H-pyrrole nitrogens is 1. The summed E-state index contributed by atoms with van der Waals surface area (Å²) in [5.41, 5.74) is 7.67. The second-order valence-corrected chi connectivity index (χ2v) is 9.48. The van der Waals surface area contributed by atoms with E-state index in [1.165, 1.54) is 0 Å². The zero-order valence-electron chi connectivity index (χ0n) is 19.4. The molecule has 1 aromatic carbocycles. The molecule has 14 heteroatoms. The summed E-state index contributed by atoms with van der Waals surface area (Å²) in [6.07, 6.45) is -1.92. The number of anilines is 1. The molecule has 3 aliphatic rings. The lowest BCUT2D eigenvalue weighted by molar-refractivity contribution is -0.0437. The van der Waals surface area contributed by atoms with Crippen LogP contribution in [0.5, 0.6) is 6.01 Å². The molecule has 6 rings (SSSR count). The summed E-state index contributed by atoms with van der Waals surface area (Å²) in [6, 6.07) is 6.60. The van der Waals surface area contributed by atoms with Gasteiger partial charge >= 0.3 is 6.05 Å². The first-order chi connectivity index (χ1) is 17.6. The minimum atomic E-state index is -3.40. The molecule has 4 atom stereocenters. The van der Waals surface area contributed by atoms with E-state index in [4.69, 9.17) is 30.9 Å². The highest BCUT2D eigenvalue weighted by molar-refractivity contribution is 6.33. The lowest BCUT2D eigenvalue weighted by Crippen LogP contribution is -2.50. The van der Waals surface area contributed by atoms with Crippen molar-refractivity contribution in [3.05, 3.63) is 35.4 Å². The number of aliphatic hydroxyl groups is 3. The number of nitrogens with zero attached hydrogens (tertiary/aromatic N) is 3. The lowest BCUT2D eigenvalue weighted by atomic mass is 10.1. The number of halogens is 3. The molecule has 37 heavy (non-hydrogen) atoms. The summed E-state index contributed by atoms with van der Waals surface area (Å²) < 4.78 is 39.1. The Morgan fingerprint density at radius 2 is 1.81 bits per heavy atom. The highest BCUT2D eigenvalue weighted by Gasteiger charge is 2.48. The third-order valence-electron chi connectivity index (χ3n) is 6.23. The van der Waals surface area contributed by atoms with Crippen molar-refractivity contribution in [1.29, 1.82) is 0 Å². The Morgan fingerprint density at radius 3 is 2.46 bits per heavy atom. The molecule has 0 amide bonds. The van der Waals surface area contributed by atoms with Crippen molar-refractivity contribution >= 4 is 28.5 Å². The van der Waals surface area contributed by atoms with Crippen molar-refractivity contribution in [2.24, 2.45) is 5.73 Å². The molecule has 0 spiro atoms. The SMILES string of the molecule is NC(F)(F)CO.OC1CN(c2ccc(-c3nc4nc(O[C@@H]5CO[C@H]6[C@@H]5OC[C@H]6O)[nH]c4cc3Cl)cc2)C1. The van der Waals surface area contributed by atoms with Gasteiger partial charge in [-0.2, -0.15) is 13.8 Å². The van der Waals surface area contributed by atoms with E-state index in [-0.39, 0.29) is 31.0 Å². The number of ether oxygens (including phenoxy) is 3. The summed E-state index contributed by atoms with van der Waals surface area (Å²) in [7, 11) is 0. The number of aromatic amines is 1. The number of nitrogens with one attached hydrogen (secondary N) is 1. The maximum Gasteiger partial charge on any atom is 0.322 e. The Balaban J connectivity index is 0.000000421. The van der Waals surface area contributed by atoms with Gasteiger partial charge in [-0.25, -0.2) is 4.98 Å². The predicted octanol–water partition coefficient (Wildman–Crippen LogP) is 0.895. The normalized spacial score (nSPS) is 25.5. The van der Waals surface area contributed by atoms with Crippen LogP contribution in [0.1, 0.15) is 0 Å². The van der Waals surface area contributed by atoms with Crippen molar-refractivity contribution in [1.82, 2.24) is 15.0 Å². The molecule has 3 fully saturated rings. The average Bonchev–Trinajstić information content (AvgIpc) is 3.53. The van der Waals surface area contributed by atoms with Crippen molar-refractivity contribution in [2.75, 3.05) is 37.8 Å². The zero-order chi connectivity index (χ0) is 26.3. The van der Waals surface area contributed by atoms with Crippen LogP contribution in [0.15, 0.2) is 30.3 Å². The number of fused-ring (bicyclic) bond motifs is 2. The molecular formula is C23H26ClF2N5O6. The number of pyridine rings is 1. The quantitative estimate of drug-likeness (QED) is 0.294. The van der Waals surface area contributed by atoms with Crippen LogP contribution in [0.3, 0.4) is 0 Å². The smallest absolute Gasteiger partial charge is 0.322 e. The summed E-state index contributed by atoms with van der Waals surface area (Å²) >= 11 is 6.50. The molecule has 0 unspecified atom stereocenters. The summed E-state index contributed by atoms with van der Waals surface area (Å²) in [6.45, 7) is 0.583. The van der Waals surface area contributed by atoms with Crippen LogP contribution in [0.25, 0.3) is 22.4 Å². The summed E-state index contributed by atoms with van der Waals surface area (Å²) in [4.78, 5) is 14.3. The lowest BCUT2D eigenvalue weighted by Gasteiger charge is -2.37. The fourth-order valence-electron chi connectivity index (χ4n) is 4.34. The van der Waals surface area contributed by atoms with Gasteiger partial charge < -0.3 is 39.4 Å². The first-order valence-corrected chi connectivity index (χ1v) is 11.9. The molecule has 0 radical (unpaired) electrons. The van der Waals surface area contributed by atoms with Gasteiger partial charge in [-0.3, -0.25) is 5.73 Å². The van der Waals surface area contributed by atoms with Gasteiger partial charge in [0, 0.05) is 24.3 Å². The molecule has 3 saturated heterocycles. The largest absolute Gasteiger partial charge is 0.456 e. The number of aromatic nitrogens is 3. The maximum atomic E-state index is 11.0. The number of aliphatic hydroxyl groups excluding tert-OH is 3. The molecule has 0 saturated carbocycles. The molecule has 0 aliphatic carbocycles. The fraction of sp³-hybridized carbons (Fsp3) is 0.478. The number of rotatable bonds is 5. The number of imidazole rings is 1. The van der Waals surface area contributed by atoms with Gasteiger partial charge in [-0.15, -0.1) is 0 Å². The Bertz CT molecular complexity index is 1240. The van der Waals surface area contributed by atoms with E-state index in [9.17, 15) is 19.0 Å². The molecule has 3 aromatic rings. The van der Waals surface area contributed by atoms with E-state index in [1.54, 1.807) is 6.07 Å². The Kier molecular flexibility index (Phi) is 7.20. The van der Waals surface area contributed by atoms with Crippen LogP contribution >= 0.6 is 11.6 Å². The highest BCUT2D eigenvalue weighted by atomic mass is 35.5. The minimum absolute atomic E-state index is 0.243. The van der Waals surface area contributed by atoms with Gasteiger partial charge in [0.25, 0.3) is 6.01 Å². The van der Waals surface area contributed by atoms with Gasteiger partial charge in [-0.05, 0) is 18.2 Å². The number of nitrogens with two attached hydrogens (primary N) is 1. The van der Waals surface area contributed by atoms with Crippen LogP contribution in [0.2, 0.25) is 5.02 Å². The van der Waals surface area contributed by atoms with Gasteiger partial charge in [0.2, 0.25) is 0 Å². The van der Waals surface area contributed by atoms with Crippen LogP contribution in [-0.2, 0) is 9.47 Å². The molecule has 5 heterocycles. The van der Waals surface area contributed by atoms with Crippen molar-refractivity contribution in [3.8, 4) is 17.3 Å². The first kappa shape index (κ1) is 26.0. The fourth-order valence-corrected chi connectivity index (χ4v) is 4.60.